The van der Waals surface area contributed by atoms with Crippen molar-refractivity contribution in [3.8, 4) is 0 Å². The highest BCUT2D eigenvalue weighted by atomic mass is 16.6. The van der Waals surface area contributed by atoms with Crippen LogP contribution in [0.3, 0.4) is 0 Å². The number of nitro groups is 1. The number of para-hydroxylation sites is 1. The van der Waals surface area contributed by atoms with Gasteiger partial charge in [-0.3, -0.25) is 20.9 Å². The van der Waals surface area contributed by atoms with Crippen LogP contribution in [0.1, 0.15) is 18.4 Å². The Morgan fingerprint density at radius 2 is 2.30 bits per heavy atom. The van der Waals surface area contributed by atoms with Gasteiger partial charge in [0.05, 0.1) is 11.5 Å². The van der Waals surface area contributed by atoms with Crippen LogP contribution in [0.25, 0.3) is 0 Å². The average Bonchev–Trinajstić information content (AvgIpc) is 3.27. The molecule has 0 radical (unpaired) electrons. The Morgan fingerprint density at radius 3 is 2.85 bits per heavy atom. The van der Waals surface area contributed by atoms with E-state index in [1.807, 2.05) is 6.07 Å². The number of hydrogen-bond acceptors (Lipinski definition) is 6. The summed E-state index contributed by atoms with van der Waals surface area (Å²) >= 11 is 0. The van der Waals surface area contributed by atoms with Crippen LogP contribution in [0.2, 0.25) is 0 Å². The second-order valence-electron chi connectivity index (χ2n) is 4.91. The summed E-state index contributed by atoms with van der Waals surface area (Å²) in [7, 11) is 1.67. The van der Waals surface area contributed by atoms with Gasteiger partial charge in [0.2, 0.25) is 0 Å². The SMILES string of the molecule is COCCN(Cc1cccc([N+](=O)[O-])c1NN)C1CC1. The monoisotopic (exact) mass is 280 g/mol. The minimum absolute atomic E-state index is 0.00693. The fourth-order valence-electron chi connectivity index (χ4n) is 2.29. The molecule has 7 nitrogen and oxygen atoms in total. The normalized spacial score (nSPS) is 14.6. The van der Waals surface area contributed by atoms with Gasteiger partial charge in [-0.1, -0.05) is 12.1 Å². The maximum atomic E-state index is 11.0. The van der Waals surface area contributed by atoms with Crippen LogP contribution in [0, 0.1) is 10.1 Å². The largest absolute Gasteiger partial charge is 0.383 e. The predicted molar refractivity (Wildman–Crippen MR) is 76.2 cm³/mol. The molecule has 0 saturated heterocycles. The number of methoxy groups -OCH3 is 1. The lowest BCUT2D eigenvalue weighted by atomic mass is 10.1. The molecule has 1 saturated carbocycles. The molecule has 0 unspecified atom stereocenters. The second kappa shape index (κ2) is 6.65. The summed E-state index contributed by atoms with van der Waals surface area (Å²) in [6.45, 7) is 2.10. The number of ether oxygens (including phenoxy) is 1. The summed E-state index contributed by atoms with van der Waals surface area (Å²) in [5.41, 5.74) is 3.70. The van der Waals surface area contributed by atoms with Crippen molar-refractivity contribution in [2.45, 2.75) is 25.4 Å². The average molecular weight is 280 g/mol. The van der Waals surface area contributed by atoms with Crippen LogP contribution in [-0.4, -0.2) is 36.1 Å². The Balaban J connectivity index is 2.18. The summed E-state index contributed by atoms with van der Waals surface area (Å²) in [6.07, 6.45) is 2.34. The topological polar surface area (TPSA) is 93.7 Å². The third-order valence-electron chi connectivity index (χ3n) is 3.49. The molecule has 0 amide bonds. The number of hydrogen-bond donors (Lipinski definition) is 2. The van der Waals surface area contributed by atoms with Gasteiger partial charge in [-0.15, -0.1) is 0 Å². The number of nitrogens with two attached hydrogens (primary N) is 1. The van der Waals surface area contributed by atoms with Gasteiger partial charge >= 0.3 is 0 Å². The van der Waals surface area contributed by atoms with E-state index in [1.54, 1.807) is 13.2 Å². The van der Waals surface area contributed by atoms with Crippen molar-refractivity contribution >= 4 is 11.4 Å². The quantitative estimate of drug-likeness (QED) is 0.426. The van der Waals surface area contributed by atoms with Crippen molar-refractivity contribution in [1.29, 1.82) is 0 Å². The third-order valence-corrected chi connectivity index (χ3v) is 3.49. The van der Waals surface area contributed by atoms with Gasteiger partial charge in [0.25, 0.3) is 5.69 Å². The molecule has 1 fully saturated rings. The molecule has 0 aliphatic heterocycles. The zero-order chi connectivity index (χ0) is 14.5. The van der Waals surface area contributed by atoms with E-state index in [-0.39, 0.29) is 5.69 Å². The molecule has 1 aromatic carbocycles. The summed E-state index contributed by atoms with van der Waals surface area (Å²) in [5, 5.41) is 11.0. The number of rotatable bonds is 8. The summed E-state index contributed by atoms with van der Waals surface area (Å²) in [4.78, 5) is 12.9. The third kappa shape index (κ3) is 3.44. The Morgan fingerprint density at radius 1 is 1.55 bits per heavy atom. The van der Waals surface area contributed by atoms with E-state index in [1.165, 1.54) is 18.9 Å². The maximum absolute atomic E-state index is 11.0. The first-order valence-electron chi connectivity index (χ1n) is 6.63. The Hall–Kier alpha value is -1.70. The lowest BCUT2D eigenvalue weighted by molar-refractivity contribution is -0.384. The molecule has 0 bridgehead atoms. The van der Waals surface area contributed by atoms with Gasteiger partial charge < -0.3 is 10.2 Å². The standard InChI is InChI=1S/C13H20N4O3/c1-20-8-7-16(11-5-6-11)9-10-3-2-4-12(17(18)19)13(10)15-14/h2-4,11,15H,5-9,14H2,1H3. The smallest absolute Gasteiger partial charge is 0.293 e. The molecule has 7 heteroatoms. The predicted octanol–water partition coefficient (Wildman–Crippen LogP) is 1.49. The van der Waals surface area contributed by atoms with E-state index in [4.69, 9.17) is 10.6 Å². The molecule has 3 N–H and O–H groups in total. The lowest BCUT2D eigenvalue weighted by Crippen LogP contribution is -2.29. The van der Waals surface area contributed by atoms with Crippen molar-refractivity contribution in [2.24, 2.45) is 5.84 Å². The summed E-state index contributed by atoms with van der Waals surface area (Å²) < 4.78 is 5.12. The van der Waals surface area contributed by atoms with Crippen LogP contribution in [-0.2, 0) is 11.3 Å². The lowest BCUT2D eigenvalue weighted by Gasteiger charge is -2.22. The van der Waals surface area contributed by atoms with E-state index in [0.29, 0.717) is 24.9 Å². The van der Waals surface area contributed by atoms with Crippen LogP contribution >= 0.6 is 0 Å². The maximum Gasteiger partial charge on any atom is 0.293 e. The molecule has 0 aromatic heterocycles. The highest BCUT2D eigenvalue weighted by Crippen LogP contribution is 2.32. The molecular weight excluding hydrogens is 260 g/mol. The molecule has 0 heterocycles. The highest BCUT2D eigenvalue weighted by molar-refractivity contribution is 5.65. The molecule has 0 atom stereocenters. The minimum atomic E-state index is -0.421. The van der Waals surface area contributed by atoms with Crippen molar-refractivity contribution in [2.75, 3.05) is 25.7 Å². The van der Waals surface area contributed by atoms with Crippen molar-refractivity contribution < 1.29 is 9.66 Å². The number of nitrogens with one attached hydrogen (secondary N) is 1. The summed E-state index contributed by atoms with van der Waals surface area (Å²) in [5.74, 6) is 5.46. The van der Waals surface area contributed by atoms with E-state index in [9.17, 15) is 10.1 Å². The second-order valence-corrected chi connectivity index (χ2v) is 4.91. The fourth-order valence-corrected chi connectivity index (χ4v) is 2.29. The Labute approximate surface area is 117 Å². The van der Waals surface area contributed by atoms with Crippen LogP contribution in [0.4, 0.5) is 11.4 Å². The van der Waals surface area contributed by atoms with Crippen LogP contribution in [0.15, 0.2) is 18.2 Å². The fraction of sp³-hybridized carbons (Fsp3) is 0.538. The zero-order valence-corrected chi connectivity index (χ0v) is 11.5. The molecule has 110 valence electrons. The molecule has 0 spiro atoms. The molecule has 1 aromatic rings. The first-order chi connectivity index (χ1) is 9.67. The molecule has 2 rings (SSSR count). The zero-order valence-electron chi connectivity index (χ0n) is 11.5. The molecular formula is C13H20N4O3. The number of nitrogen functional groups attached to an aromatic ring is 1. The minimum Gasteiger partial charge on any atom is -0.383 e. The van der Waals surface area contributed by atoms with Gasteiger partial charge in [0.1, 0.15) is 5.69 Å². The van der Waals surface area contributed by atoms with E-state index in [0.717, 1.165) is 12.1 Å². The first kappa shape index (κ1) is 14.7. The highest BCUT2D eigenvalue weighted by Gasteiger charge is 2.29. The van der Waals surface area contributed by atoms with Gasteiger partial charge in [0, 0.05) is 32.3 Å². The van der Waals surface area contributed by atoms with E-state index in [2.05, 4.69) is 10.3 Å². The van der Waals surface area contributed by atoms with Crippen LogP contribution in [0.5, 0.6) is 0 Å². The van der Waals surface area contributed by atoms with Gasteiger partial charge in [-0.2, -0.15) is 0 Å². The van der Waals surface area contributed by atoms with Gasteiger partial charge in [-0.05, 0) is 18.4 Å². The van der Waals surface area contributed by atoms with Gasteiger partial charge in [-0.25, -0.2) is 0 Å². The van der Waals surface area contributed by atoms with Crippen molar-refractivity contribution in [1.82, 2.24) is 4.90 Å². The number of nitro benzene ring substituents is 1. The number of nitrogens with zero attached hydrogens (tertiary/aromatic N) is 2. The Bertz CT molecular complexity index is 477. The number of benzene rings is 1. The van der Waals surface area contributed by atoms with Gasteiger partial charge in [0.15, 0.2) is 0 Å². The number of hydrazine groups is 1. The first-order valence-corrected chi connectivity index (χ1v) is 6.63. The van der Waals surface area contributed by atoms with E-state index < -0.39 is 4.92 Å². The number of anilines is 1. The summed E-state index contributed by atoms with van der Waals surface area (Å²) in [6, 6.07) is 5.56. The molecule has 1 aliphatic rings. The molecule has 20 heavy (non-hydrogen) atoms. The molecule has 1 aliphatic carbocycles. The van der Waals surface area contributed by atoms with Crippen molar-refractivity contribution in [3.05, 3.63) is 33.9 Å². The Kier molecular flexibility index (Phi) is 4.89. The van der Waals surface area contributed by atoms with E-state index >= 15 is 0 Å². The van der Waals surface area contributed by atoms with Crippen molar-refractivity contribution in [3.63, 3.8) is 0 Å². The van der Waals surface area contributed by atoms with Crippen LogP contribution < -0.4 is 11.3 Å².